The highest BCUT2D eigenvalue weighted by Crippen LogP contribution is 2.31. The van der Waals surface area contributed by atoms with E-state index < -0.39 is 12.1 Å². The third-order valence-electron chi connectivity index (χ3n) is 4.04. The van der Waals surface area contributed by atoms with E-state index in [-0.39, 0.29) is 5.75 Å². The second-order valence-electron chi connectivity index (χ2n) is 5.98. The zero-order valence-corrected chi connectivity index (χ0v) is 15.8. The van der Waals surface area contributed by atoms with Gasteiger partial charge in [0.15, 0.2) is 0 Å². The van der Waals surface area contributed by atoms with Crippen LogP contribution in [-0.4, -0.2) is 26.1 Å². The fourth-order valence-electron chi connectivity index (χ4n) is 2.77. The molecule has 1 heterocycles. The molecule has 0 radical (unpaired) electrons. The Kier molecular flexibility index (Phi) is 4.90. The molecule has 0 aliphatic heterocycles. The lowest BCUT2D eigenvalue weighted by molar-refractivity contribution is -0.145. The van der Waals surface area contributed by atoms with Gasteiger partial charge >= 0.3 is 5.97 Å². The Bertz CT molecular complexity index is 1140. The van der Waals surface area contributed by atoms with Crippen LogP contribution in [0.1, 0.15) is 11.7 Å². The van der Waals surface area contributed by atoms with Crippen LogP contribution in [0.25, 0.3) is 16.7 Å². The molecule has 0 fully saturated rings. The summed E-state index contributed by atoms with van der Waals surface area (Å²) in [5.41, 5.74) is 2.23. The van der Waals surface area contributed by atoms with E-state index in [2.05, 4.69) is 10.2 Å². The first-order valence-electron chi connectivity index (χ1n) is 8.28. The van der Waals surface area contributed by atoms with Crippen molar-refractivity contribution in [1.29, 1.82) is 0 Å². The average Bonchev–Trinajstić information content (AvgIpc) is 3.10. The van der Waals surface area contributed by atoms with Crippen molar-refractivity contribution >= 4 is 40.2 Å². The zero-order chi connectivity index (χ0) is 19.7. The van der Waals surface area contributed by atoms with E-state index in [1.54, 1.807) is 42.5 Å². The molecule has 0 saturated heterocycles. The lowest BCUT2D eigenvalue weighted by Crippen LogP contribution is -2.19. The smallest absolute Gasteiger partial charge is 0.349 e. The summed E-state index contributed by atoms with van der Waals surface area (Å²) >= 11 is 12.1. The highest BCUT2D eigenvalue weighted by Gasteiger charge is 2.24. The zero-order valence-electron chi connectivity index (χ0n) is 14.3. The fourth-order valence-corrected chi connectivity index (χ4v) is 3.14. The predicted octanol–water partition coefficient (Wildman–Crippen LogP) is 4.93. The molecule has 0 bridgehead atoms. The lowest BCUT2D eigenvalue weighted by Gasteiger charge is -2.18. The van der Waals surface area contributed by atoms with Crippen molar-refractivity contribution in [1.82, 2.24) is 15.0 Å². The Hall–Kier alpha value is -3.09. The molecule has 0 spiro atoms. The minimum absolute atomic E-state index is 0.275. The molecule has 3 aromatic carbocycles. The number of nitrogens with zero attached hydrogens (tertiary/aromatic N) is 3. The standard InChI is InChI=1S/C20H13Cl2N3O3/c21-13-5-3-4-12(10-13)19(20(26)27)28-18-9-8-14(22)11-17(18)25-23-15-6-1-2-7-16(15)24-25/h1-11,19H,(H,26,27). The van der Waals surface area contributed by atoms with Crippen LogP contribution in [0.4, 0.5) is 0 Å². The van der Waals surface area contributed by atoms with Gasteiger partial charge in [-0.05, 0) is 42.5 Å². The molecule has 1 N–H and O–H groups in total. The summed E-state index contributed by atoms with van der Waals surface area (Å²) in [5, 5.41) is 19.4. The van der Waals surface area contributed by atoms with Crippen molar-refractivity contribution in [3.8, 4) is 11.4 Å². The molecule has 4 aromatic rings. The fraction of sp³-hybridized carbons (Fsp3) is 0.0500. The molecule has 1 aromatic heterocycles. The number of aromatic nitrogens is 3. The number of fused-ring (bicyclic) bond motifs is 1. The van der Waals surface area contributed by atoms with Crippen LogP contribution < -0.4 is 4.74 Å². The molecule has 0 aliphatic carbocycles. The first kappa shape index (κ1) is 18.3. The van der Waals surface area contributed by atoms with Gasteiger partial charge in [-0.3, -0.25) is 0 Å². The normalized spacial score (nSPS) is 12.1. The number of hydrogen-bond donors (Lipinski definition) is 1. The van der Waals surface area contributed by atoms with Gasteiger partial charge in [-0.2, -0.15) is 0 Å². The Morgan fingerprint density at radius 2 is 1.61 bits per heavy atom. The predicted molar refractivity (Wildman–Crippen MR) is 106 cm³/mol. The highest BCUT2D eigenvalue weighted by atomic mass is 35.5. The molecular formula is C20H13Cl2N3O3. The Morgan fingerprint density at radius 1 is 0.929 bits per heavy atom. The molecule has 6 nitrogen and oxygen atoms in total. The number of hydrogen-bond acceptors (Lipinski definition) is 4. The average molecular weight is 414 g/mol. The first-order valence-corrected chi connectivity index (χ1v) is 9.04. The molecule has 0 saturated carbocycles. The number of carbonyl (C=O) groups is 1. The largest absolute Gasteiger partial charge is 0.478 e. The van der Waals surface area contributed by atoms with Gasteiger partial charge in [-0.1, -0.05) is 47.5 Å². The van der Waals surface area contributed by atoms with Gasteiger partial charge in [0.2, 0.25) is 6.10 Å². The number of benzene rings is 3. The van der Waals surface area contributed by atoms with Crippen molar-refractivity contribution in [2.75, 3.05) is 0 Å². The molecule has 4 rings (SSSR count). The quantitative estimate of drug-likeness (QED) is 0.501. The van der Waals surface area contributed by atoms with E-state index in [1.807, 2.05) is 24.3 Å². The highest BCUT2D eigenvalue weighted by molar-refractivity contribution is 6.31. The van der Waals surface area contributed by atoms with Gasteiger partial charge in [0.25, 0.3) is 0 Å². The van der Waals surface area contributed by atoms with E-state index in [1.165, 1.54) is 4.80 Å². The summed E-state index contributed by atoms with van der Waals surface area (Å²) in [5.74, 6) is -0.876. The number of halogens is 2. The Balaban J connectivity index is 1.78. The molecule has 1 atom stereocenters. The van der Waals surface area contributed by atoms with Crippen LogP contribution in [0.5, 0.6) is 5.75 Å². The maximum atomic E-state index is 11.8. The molecule has 140 valence electrons. The topological polar surface area (TPSA) is 77.2 Å². The second kappa shape index (κ2) is 7.50. The van der Waals surface area contributed by atoms with Crippen molar-refractivity contribution < 1.29 is 14.6 Å². The van der Waals surface area contributed by atoms with Crippen LogP contribution in [0.15, 0.2) is 66.7 Å². The molecule has 28 heavy (non-hydrogen) atoms. The summed E-state index contributed by atoms with van der Waals surface area (Å²) in [6.45, 7) is 0. The monoisotopic (exact) mass is 413 g/mol. The van der Waals surface area contributed by atoms with Crippen LogP contribution in [0.2, 0.25) is 10.0 Å². The van der Waals surface area contributed by atoms with Crippen LogP contribution >= 0.6 is 23.2 Å². The van der Waals surface area contributed by atoms with E-state index in [9.17, 15) is 9.90 Å². The van der Waals surface area contributed by atoms with Crippen molar-refractivity contribution in [3.63, 3.8) is 0 Å². The third-order valence-corrected chi connectivity index (χ3v) is 4.51. The third kappa shape index (κ3) is 3.65. The number of ether oxygens (including phenoxy) is 1. The van der Waals surface area contributed by atoms with Crippen LogP contribution in [0.3, 0.4) is 0 Å². The van der Waals surface area contributed by atoms with Gasteiger partial charge < -0.3 is 9.84 Å². The molecule has 1 unspecified atom stereocenters. The summed E-state index contributed by atoms with van der Waals surface area (Å²) in [7, 11) is 0. The molecule has 0 aliphatic rings. The van der Waals surface area contributed by atoms with Crippen molar-refractivity contribution in [3.05, 3.63) is 82.3 Å². The van der Waals surface area contributed by atoms with Crippen LogP contribution in [0, 0.1) is 0 Å². The van der Waals surface area contributed by atoms with E-state index in [4.69, 9.17) is 27.9 Å². The minimum Gasteiger partial charge on any atom is -0.478 e. The second-order valence-corrected chi connectivity index (χ2v) is 6.85. The van der Waals surface area contributed by atoms with E-state index >= 15 is 0 Å². The van der Waals surface area contributed by atoms with E-state index in [0.29, 0.717) is 32.3 Å². The van der Waals surface area contributed by atoms with E-state index in [0.717, 1.165) is 0 Å². The molecule has 8 heteroatoms. The maximum absolute atomic E-state index is 11.8. The number of aliphatic carboxylic acids is 1. The summed E-state index contributed by atoms with van der Waals surface area (Å²) in [6.07, 6.45) is -1.26. The summed E-state index contributed by atoms with van der Waals surface area (Å²) in [6, 6.07) is 18.7. The van der Waals surface area contributed by atoms with Gasteiger partial charge in [-0.15, -0.1) is 15.0 Å². The van der Waals surface area contributed by atoms with Gasteiger partial charge in [0.05, 0.1) is 0 Å². The minimum atomic E-state index is -1.26. The SMILES string of the molecule is O=C(O)C(Oc1ccc(Cl)cc1-n1nc2ccccc2n1)c1cccc(Cl)c1. The van der Waals surface area contributed by atoms with Crippen molar-refractivity contribution in [2.45, 2.75) is 6.10 Å². The van der Waals surface area contributed by atoms with Gasteiger partial charge in [0.1, 0.15) is 22.5 Å². The number of carboxylic acid groups (broad SMARTS) is 1. The van der Waals surface area contributed by atoms with Gasteiger partial charge in [0, 0.05) is 15.6 Å². The van der Waals surface area contributed by atoms with Gasteiger partial charge in [-0.25, -0.2) is 4.79 Å². The van der Waals surface area contributed by atoms with Crippen LogP contribution in [-0.2, 0) is 4.79 Å². The molecular weight excluding hydrogens is 401 g/mol. The lowest BCUT2D eigenvalue weighted by atomic mass is 10.1. The first-order chi connectivity index (χ1) is 13.5. The van der Waals surface area contributed by atoms with Crippen molar-refractivity contribution in [2.24, 2.45) is 0 Å². The Labute approximate surface area is 169 Å². The number of rotatable bonds is 5. The summed E-state index contributed by atoms with van der Waals surface area (Å²) in [4.78, 5) is 13.2. The maximum Gasteiger partial charge on any atom is 0.349 e. The Morgan fingerprint density at radius 3 is 2.25 bits per heavy atom. The number of carboxylic acids is 1. The summed E-state index contributed by atoms with van der Waals surface area (Å²) < 4.78 is 5.84. The molecule has 0 amide bonds.